The fourth-order valence-electron chi connectivity index (χ4n) is 3.03. The van der Waals surface area contributed by atoms with E-state index in [9.17, 15) is 4.79 Å². The van der Waals surface area contributed by atoms with Gasteiger partial charge in [0.1, 0.15) is 12.4 Å². The summed E-state index contributed by atoms with van der Waals surface area (Å²) in [6, 6.07) is 11.8. The summed E-state index contributed by atoms with van der Waals surface area (Å²) < 4.78 is 28.2. The van der Waals surface area contributed by atoms with Gasteiger partial charge >= 0.3 is 5.97 Å². The summed E-state index contributed by atoms with van der Waals surface area (Å²) in [7, 11) is 0. The van der Waals surface area contributed by atoms with Crippen molar-refractivity contribution >= 4 is 29.2 Å². The Bertz CT molecular complexity index is 1050. The lowest BCUT2D eigenvalue weighted by Crippen LogP contribution is -2.06. The van der Waals surface area contributed by atoms with Gasteiger partial charge in [-0.1, -0.05) is 23.2 Å². The number of rotatable bonds is 10. The SMILES string of the molecule is CCOc1cc(COC(=O)c2ccc(-c3ccc(Cl)cc3Cl)o2)cc(OCC)c1OCC. The van der Waals surface area contributed by atoms with E-state index in [1.54, 1.807) is 36.4 Å². The fourth-order valence-corrected chi connectivity index (χ4v) is 3.53. The second-order valence-electron chi connectivity index (χ2n) is 6.58. The molecule has 0 aliphatic heterocycles. The Kier molecular flexibility index (Phi) is 8.31. The molecule has 0 radical (unpaired) electrons. The third-order valence-corrected chi connectivity index (χ3v) is 4.89. The first-order chi connectivity index (χ1) is 15.5. The number of esters is 1. The fraction of sp³-hybridized carbons (Fsp3) is 0.292. The maximum absolute atomic E-state index is 12.5. The Morgan fingerprint density at radius 2 is 1.53 bits per heavy atom. The van der Waals surface area contributed by atoms with Crippen LogP contribution in [0.15, 0.2) is 46.9 Å². The van der Waals surface area contributed by atoms with Crippen LogP contribution < -0.4 is 14.2 Å². The number of hydrogen-bond donors (Lipinski definition) is 0. The molecule has 0 saturated carbocycles. The molecular weight excluding hydrogens is 455 g/mol. The van der Waals surface area contributed by atoms with Crippen LogP contribution in [-0.2, 0) is 11.3 Å². The molecule has 1 heterocycles. The lowest BCUT2D eigenvalue weighted by molar-refractivity contribution is 0.0436. The van der Waals surface area contributed by atoms with E-state index in [4.69, 9.17) is 46.6 Å². The van der Waals surface area contributed by atoms with Crippen molar-refractivity contribution in [2.45, 2.75) is 27.4 Å². The van der Waals surface area contributed by atoms with Gasteiger partial charge in [-0.05, 0) is 68.8 Å². The number of ether oxygens (including phenoxy) is 4. The monoisotopic (exact) mass is 478 g/mol. The van der Waals surface area contributed by atoms with Crippen LogP contribution in [0, 0.1) is 0 Å². The second-order valence-corrected chi connectivity index (χ2v) is 7.43. The molecule has 0 spiro atoms. The summed E-state index contributed by atoms with van der Waals surface area (Å²) in [6.07, 6.45) is 0. The predicted octanol–water partition coefficient (Wildman–Crippen LogP) is 6.81. The molecule has 32 heavy (non-hydrogen) atoms. The number of benzene rings is 2. The molecular formula is C24H24Cl2O6. The van der Waals surface area contributed by atoms with Gasteiger partial charge in [0.05, 0.1) is 24.8 Å². The third kappa shape index (κ3) is 5.69. The topological polar surface area (TPSA) is 67.1 Å². The summed E-state index contributed by atoms with van der Waals surface area (Å²) in [5.41, 5.74) is 1.32. The molecule has 0 N–H and O–H groups in total. The van der Waals surface area contributed by atoms with E-state index in [-0.39, 0.29) is 12.4 Å². The van der Waals surface area contributed by atoms with Gasteiger partial charge in [0.15, 0.2) is 11.5 Å². The average Bonchev–Trinajstić information content (AvgIpc) is 3.24. The number of carbonyl (C=O) groups excluding carboxylic acids is 1. The molecule has 0 bridgehead atoms. The van der Waals surface area contributed by atoms with Crippen LogP contribution >= 0.6 is 23.2 Å². The van der Waals surface area contributed by atoms with Gasteiger partial charge in [-0.3, -0.25) is 0 Å². The zero-order chi connectivity index (χ0) is 23.1. The molecule has 0 unspecified atom stereocenters. The first kappa shape index (κ1) is 23.8. The Labute approximate surface area is 196 Å². The maximum Gasteiger partial charge on any atom is 0.374 e. The molecule has 0 aliphatic rings. The Hall–Kier alpha value is -2.83. The summed E-state index contributed by atoms with van der Waals surface area (Å²) in [5.74, 6) is 1.49. The minimum absolute atomic E-state index is 0.00310. The van der Waals surface area contributed by atoms with E-state index < -0.39 is 5.97 Å². The zero-order valence-corrected chi connectivity index (χ0v) is 19.6. The molecule has 0 amide bonds. The highest BCUT2D eigenvalue weighted by Crippen LogP contribution is 2.39. The minimum atomic E-state index is -0.605. The Morgan fingerprint density at radius 3 is 2.12 bits per heavy atom. The van der Waals surface area contributed by atoms with Gasteiger partial charge in [-0.2, -0.15) is 0 Å². The number of carbonyl (C=O) groups is 1. The van der Waals surface area contributed by atoms with Crippen molar-refractivity contribution < 1.29 is 28.2 Å². The second kappa shape index (κ2) is 11.2. The van der Waals surface area contributed by atoms with E-state index in [1.165, 1.54) is 6.07 Å². The highest BCUT2D eigenvalue weighted by Gasteiger charge is 2.18. The lowest BCUT2D eigenvalue weighted by atomic mass is 10.2. The van der Waals surface area contributed by atoms with Crippen molar-refractivity contribution in [1.29, 1.82) is 0 Å². The van der Waals surface area contributed by atoms with Gasteiger partial charge in [0.2, 0.25) is 11.5 Å². The summed E-state index contributed by atoms with van der Waals surface area (Å²) in [4.78, 5) is 12.5. The molecule has 6 nitrogen and oxygen atoms in total. The van der Waals surface area contributed by atoms with E-state index in [1.807, 2.05) is 20.8 Å². The quantitative estimate of drug-likeness (QED) is 0.298. The molecule has 3 rings (SSSR count). The number of furan rings is 1. The summed E-state index contributed by atoms with van der Waals surface area (Å²) >= 11 is 12.1. The zero-order valence-electron chi connectivity index (χ0n) is 18.1. The lowest BCUT2D eigenvalue weighted by Gasteiger charge is -2.17. The van der Waals surface area contributed by atoms with Crippen LogP contribution in [0.4, 0.5) is 0 Å². The van der Waals surface area contributed by atoms with Gasteiger partial charge in [0, 0.05) is 10.6 Å². The molecule has 170 valence electrons. The smallest absolute Gasteiger partial charge is 0.374 e. The van der Waals surface area contributed by atoms with Crippen LogP contribution in [0.2, 0.25) is 10.0 Å². The highest BCUT2D eigenvalue weighted by molar-refractivity contribution is 6.36. The standard InChI is InChI=1S/C24H24Cl2O6/c1-4-28-21-11-15(12-22(29-5-2)23(21)30-6-3)14-31-24(27)20-10-9-19(32-20)17-8-7-16(25)13-18(17)26/h7-13H,4-6,14H2,1-3H3. The molecule has 8 heteroatoms. The first-order valence-electron chi connectivity index (χ1n) is 10.2. The number of halogens is 2. The molecule has 2 aromatic carbocycles. The van der Waals surface area contributed by atoms with E-state index in [0.29, 0.717) is 64.0 Å². The Morgan fingerprint density at radius 1 is 0.875 bits per heavy atom. The molecule has 1 aromatic heterocycles. The summed E-state index contributed by atoms with van der Waals surface area (Å²) in [5, 5.41) is 0.936. The average molecular weight is 479 g/mol. The van der Waals surface area contributed by atoms with Crippen LogP contribution in [0.25, 0.3) is 11.3 Å². The molecule has 0 atom stereocenters. The van der Waals surface area contributed by atoms with Crippen molar-refractivity contribution in [2.24, 2.45) is 0 Å². The van der Waals surface area contributed by atoms with E-state index in [0.717, 1.165) is 0 Å². The van der Waals surface area contributed by atoms with Crippen LogP contribution in [-0.4, -0.2) is 25.8 Å². The van der Waals surface area contributed by atoms with Gasteiger partial charge in [-0.15, -0.1) is 0 Å². The van der Waals surface area contributed by atoms with Crippen LogP contribution in [0.3, 0.4) is 0 Å². The Balaban J connectivity index is 1.76. The van der Waals surface area contributed by atoms with Gasteiger partial charge in [-0.25, -0.2) is 4.79 Å². The first-order valence-corrected chi connectivity index (χ1v) is 11.0. The predicted molar refractivity (Wildman–Crippen MR) is 123 cm³/mol. The molecule has 0 fully saturated rings. The van der Waals surface area contributed by atoms with Crippen LogP contribution in [0.1, 0.15) is 36.9 Å². The summed E-state index contributed by atoms with van der Waals surface area (Å²) in [6.45, 7) is 7.02. The van der Waals surface area contributed by atoms with Crippen molar-refractivity contribution in [3.05, 3.63) is 63.8 Å². The maximum atomic E-state index is 12.5. The highest BCUT2D eigenvalue weighted by atomic mass is 35.5. The largest absolute Gasteiger partial charge is 0.490 e. The molecule has 0 aliphatic carbocycles. The minimum Gasteiger partial charge on any atom is -0.490 e. The van der Waals surface area contributed by atoms with Crippen molar-refractivity contribution in [2.75, 3.05) is 19.8 Å². The van der Waals surface area contributed by atoms with E-state index >= 15 is 0 Å². The molecule has 0 saturated heterocycles. The van der Waals surface area contributed by atoms with Gasteiger partial charge in [0.25, 0.3) is 0 Å². The van der Waals surface area contributed by atoms with Crippen molar-refractivity contribution in [1.82, 2.24) is 0 Å². The van der Waals surface area contributed by atoms with Crippen molar-refractivity contribution in [3.63, 3.8) is 0 Å². The molecule has 3 aromatic rings. The van der Waals surface area contributed by atoms with Gasteiger partial charge < -0.3 is 23.4 Å². The number of hydrogen-bond acceptors (Lipinski definition) is 6. The van der Waals surface area contributed by atoms with Crippen LogP contribution in [0.5, 0.6) is 17.2 Å². The normalized spacial score (nSPS) is 10.7. The van der Waals surface area contributed by atoms with Crippen molar-refractivity contribution in [3.8, 4) is 28.6 Å². The third-order valence-electron chi connectivity index (χ3n) is 4.34. The van der Waals surface area contributed by atoms with E-state index in [2.05, 4.69) is 0 Å².